The fourth-order valence-electron chi connectivity index (χ4n) is 1.52. The molecule has 0 N–H and O–H groups in total. The second-order valence-electron chi connectivity index (χ2n) is 3.28. The van der Waals surface area contributed by atoms with Gasteiger partial charge in [0.2, 0.25) is 0 Å². The van der Waals surface area contributed by atoms with Crippen LogP contribution < -0.4 is 0 Å². The third kappa shape index (κ3) is 2.06. The molecular formula is C11H14OS. The van der Waals surface area contributed by atoms with E-state index in [1.165, 1.54) is 23.3 Å². The van der Waals surface area contributed by atoms with Gasteiger partial charge in [0, 0.05) is 6.61 Å². The third-order valence-corrected chi connectivity index (χ3v) is 3.49. The highest BCUT2D eigenvalue weighted by atomic mass is 32.2. The summed E-state index contributed by atoms with van der Waals surface area (Å²) in [6.45, 7) is 3.06. The van der Waals surface area contributed by atoms with Crippen LogP contribution in [-0.4, -0.2) is 12.4 Å². The Morgan fingerprint density at radius 1 is 1.38 bits per heavy atom. The van der Waals surface area contributed by atoms with Gasteiger partial charge in [0.25, 0.3) is 0 Å². The topological polar surface area (TPSA) is 9.23 Å². The molecule has 1 aliphatic heterocycles. The normalized spacial score (nSPS) is 23.0. The average molecular weight is 194 g/mol. The van der Waals surface area contributed by atoms with E-state index >= 15 is 0 Å². The van der Waals surface area contributed by atoms with E-state index in [0.29, 0.717) is 0 Å². The van der Waals surface area contributed by atoms with E-state index in [4.69, 9.17) is 4.74 Å². The predicted octanol–water partition coefficient (Wildman–Crippen LogP) is 3.15. The van der Waals surface area contributed by atoms with Gasteiger partial charge in [-0.05, 0) is 30.2 Å². The van der Waals surface area contributed by atoms with Crippen molar-refractivity contribution in [3.05, 3.63) is 35.4 Å². The number of rotatable bonds is 1. The maximum Gasteiger partial charge on any atom is 0.128 e. The van der Waals surface area contributed by atoms with E-state index in [1.54, 1.807) is 0 Å². The van der Waals surface area contributed by atoms with Gasteiger partial charge in [0.05, 0.1) is 0 Å². The number of benzene rings is 1. The molecule has 2 heteroatoms. The van der Waals surface area contributed by atoms with Crippen LogP contribution in [0, 0.1) is 6.92 Å². The summed E-state index contributed by atoms with van der Waals surface area (Å²) in [7, 11) is 0. The maximum absolute atomic E-state index is 5.71. The number of aryl methyl sites for hydroxylation is 1. The zero-order chi connectivity index (χ0) is 9.10. The fraction of sp³-hybridized carbons (Fsp3) is 0.455. The van der Waals surface area contributed by atoms with Crippen LogP contribution in [0.5, 0.6) is 0 Å². The zero-order valence-corrected chi connectivity index (χ0v) is 8.64. The lowest BCUT2D eigenvalue weighted by Crippen LogP contribution is -2.10. The lowest BCUT2D eigenvalue weighted by Gasteiger charge is -2.23. The van der Waals surface area contributed by atoms with Crippen molar-refractivity contribution in [2.24, 2.45) is 0 Å². The Morgan fingerprint density at radius 2 is 2.23 bits per heavy atom. The van der Waals surface area contributed by atoms with Crippen LogP contribution in [0.1, 0.15) is 23.0 Å². The molecule has 1 aromatic carbocycles. The fourth-order valence-corrected chi connectivity index (χ4v) is 2.65. The van der Waals surface area contributed by atoms with E-state index in [9.17, 15) is 0 Å². The van der Waals surface area contributed by atoms with Gasteiger partial charge in [0.15, 0.2) is 0 Å². The van der Waals surface area contributed by atoms with Crippen molar-refractivity contribution < 1.29 is 4.74 Å². The van der Waals surface area contributed by atoms with Crippen LogP contribution in [0.2, 0.25) is 0 Å². The van der Waals surface area contributed by atoms with Crippen LogP contribution >= 0.6 is 11.8 Å². The molecule has 0 amide bonds. The molecule has 0 aromatic heterocycles. The van der Waals surface area contributed by atoms with Crippen LogP contribution in [0.3, 0.4) is 0 Å². The molecule has 1 saturated heterocycles. The lowest BCUT2D eigenvalue weighted by molar-refractivity contribution is 0.106. The molecule has 0 spiro atoms. The van der Waals surface area contributed by atoms with Gasteiger partial charge >= 0.3 is 0 Å². The first-order valence-electron chi connectivity index (χ1n) is 4.66. The first-order chi connectivity index (χ1) is 6.38. The largest absolute Gasteiger partial charge is 0.363 e. The van der Waals surface area contributed by atoms with Crippen molar-refractivity contribution in [1.29, 1.82) is 0 Å². The van der Waals surface area contributed by atoms with Gasteiger partial charge in [-0.15, -0.1) is 11.8 Å². The summed E-state index contributed by atoms with van der Waals surface area (Å²) in [5, 5.41) is 0. The quantitative estimate of drug-likeness (QED) is 0.679. The Bertz CT molecular complexity index is 279. The molecular weight excluding hydrogens is 180 g/mol. The molecule has 70 valence electrons. The van der Waals surface area contributed by atoms with Crippen LogP contribution in [0.4, 0.5) is 0 Å². The highest BCUT2D eigenvalue weighted by Gasteiger charge is 2.17. The zero-order valence-electron chi connectivity index (χ0n) is 7.82. The molecule has 2 rings (SSSR count). The Morgan fingerprint density at radius 3 is 2.92 bits per heavy atom. The Kier molecular flexibility index (Phi) is 2.91. The Balaban J connectivity index is 2.18. The molecule has 1 atom stereocenters. The minimum absolute atomic E-state index is 0.273. The highest BCUT2D eigenvalue weighted by Crippen LogP contribution is 2.35. The number of hydrogen-bond donors (Lipinski definition) is 0. The van der Waals surface area contributed by atoms with Gasteiger partial charge in [-0.3, -0.25) is 0 Å². The molecule has 0 saturated carbocycles. The summed E-state index contributed by atoms with van der Waals surface area (Å²) in [6.07, 6.45) is 1.19. The van der Waals surface area contributed by atoms with Crippen molar-refractivity contribution in [3.8, 4) is 0 Å². The molecule has 1 nitrogen and oxygen atoms in total. The van der Waals surface area contributed by atoms with Crippen molar-refractivity contribution in [3.63, 3.8) is 0 Å². The van der Waals surface area contributed by atoms with E-state index in [-0.39, 0.29) is 5.44 Å². The second kappa shape index (κ2) is 4.16. The standard InChI is InChI=1S/C11H14OS/c1-9-5-2-3-6-10(9)11-12-7-4-8-13-11/h2-3,5-6,11H,4,7-8H2,1H3. The summed E-state index contributed by atoms with van der Waals surface area (Å²) in [5.74, 6) is 1.22. The first kappa shape index (κ1) is 9.10. The Hall–Kier alpha value is -0.470. The average Bonchev–Trinajstić information content (AvgIpc) is 2.20. The number of ether oxygens (including phenoxy) is 1. The van der Waals surface area contributed by atoms with E-state index in [1.807, 2.05) is 11.8 Å². The summed E-state index contributed by atoms with van der Waals surface area (Å²) < 4.78 is 5.71. The van der Waals surface area contributed by atoms with Crippen molar-refractivity contribution in [2.75, 3.05) is 12.4 Å². The second-order valence-corrected chi connectivity index (χ2v) is 4.45. The van der Waals surface area contributed by atoms with Gasteiger partial charge in [0.1, 0.15) is 5.44 Å². The van der Waals surface area contributed by atoms with E-state index in [2.05, 4.69) is 31.2 Å². The third-order valence-electron chi connectivity index (χ3n) is 2.27. The molecule has 1 fully saturated rings. The SMILES string of the molecule is Cc1ccccc1C1OCCCS1. The monoisotopic (exact) mass is 194 g/mol. The van der Waals surface area contributed by atoms with Gasteiger partial charge in [-0.25, -0.2) is 0 Å². The van der Waals surface area contributed by atoms with Gasteiger partial charge < -0.3 is 4.74 Å². The molecule has 1 unspecified atom stereocenters. The van der Waals surface area contributed by atoms with Crippen molar-refractivity contribution in [1.82, 2.24) is 0 Å². The molecule has 1 aromatic rings. The van der Waals surface area contributed by atoms with Crippen LogP contribution in [0.15, 0.2) is 24.3 Å². The summed E-state index contributed by atoms with van der Waals surface area (Å²) >= 11 is 1.91. The lowest BCUT2D eigenvalue weighted by atomic mass is 10.1. The molecule has 1 aliphatic rings. The van der Waals surface area contributed by atoms with E-state index < -0.39 is 0 Å². The Labute approximate surface area is 83.5 Å². The minimum Gasteiger partial charge on any atom is -0.363 e. The molecule has 1 heterocycles. The highest BCUT2D eigenvalue weighted by molar-refractivity contribution is 7.99. The number of thioether (sulfide) groups is 1. The molecule has 13 heavy (non-hydrogen) atoms. The maximum atomic E-state index is 5.71. The summed E-state index contributed by atoms with van der Waals surface area (Å²) in [5.41, 5.74) is 2.95. The number of hydrogen-bond acceptors (Lipinski definition) is 2. The van der Waals surface area contributed by atoms with Crippen molar-refractivity contribution in [2.45, 2.75) is 18.8 Å². The molecule has 0 radical (unpaired) electrons. The van der Waals surface area contributed by atoms with Gasteiger partial charge in [-0.2, -0.15) is 0 Å². The van der Waals surface area contributed by atoms with Gasteiger partial charge in [-0.1, -0.05) is 24.3 Å². The molecule has 0 aliphatic carbocycles. The van der Waals surface area contributed by atoms with Crippen molar-refractivity contribution >= 4 is 11.8 Å². The predicted molar refractivity (Wildman–Crippen MR) is 56.9 cm³/mol. The minimum atomic E-state index is 0.273. The summed E-state index contributed by atoms with van der Waals surface area (Å²) in [4.78, 5) is 0. The molecule has 0 bridgehead atoms. The van der Waals surface area contributed by atoms with Crippen LogP contribution in [0.25, 0.3) is 0 Å². The summed E-state index contributed by atoms with van der Waals surface area (Å²) in [6, 6.07) is 8.47. The van der Waals surface area contributed by atoms with Crippen LogP contribution in [-0.2, 0) is 4.74 Å². The smallest absolute Gasteiger partial charge is 0.128 e. The van der Waals surface area contributed by atoms with E-state index in [0.717, 1.165) is 6.61 Å². The first-order valence-corrected chi connectivity index (χ1v) is 5.71.